The number of amides is 1. The molecule has 104 valence electrons. The van der Waals surface area contributed by atoms with E-state index in [0.29, 0.717) is 11.4 Å². The lowest BCUT2D eigenvalue weighted by molar-refractivity contribution is 0.0651. The Balaban J connectivity index is 2.22. The first-order valence-electron chi connectivity index (χ1n) is 5.36. The van der Waals surface area contributed by atoms with E-state index in [2.05, 4.69) is 30.9 Å². The van der Waals surface area contributed by atoms with Crippen LogP contribution in [0, 0.1) is 0 Å². The predicted molar refractivity (Wildman–Crippen MR) is 72.1 cm³/mol. The zero-order valence-corrected chi connectivity index (χ0v) is 11.8. The van der Waals surface area contributed by atoms with Gasteiger partial charge >= 0.3 is 5.97 Å². The van der Waals surface area contributed by atoms with Crippen LogP contribution >= 0.6 is 15.9 Å². The number of hydrogen-bond acceptors (Lipinski definition) is 5. The summed E-state index contributed by atoms with van der Waals surface area (Å²) in [5.41, 5.74) is 0.288. The van der Waals surface area contributed by atoms with E-state index in [1.165, 1.54) is 7.11 Å². The van der Waals surface area contributed by atoms with Crippen molar-refractivity contribution in [1.29, 1.82) is 0 Å². The molecule has 0 fully saturated rings. The van der Waals surface area contributed by atoms with Gasteiger partial charge in [-0.1, -0.05) is 21.1 Å². The van der Waals surface area contributed by atoms with Crippen LogP contribution in [0.15, 0.2) is 33.3 Å². The Hall–Kier alpha value is -2.35. The number of hydrogen-bond donors (Lipinski definition) is 2. The molecule has 20 heavy (non-hydrogen) atoms. The summed E-state index contributed by atoms with van der Waals surface area (Å²) in [6.45, 7) is 0. The number of ether oxygens (including phenoxy) is 1. The molecule has 2 N–H and O–H groups in total. The van der Waals surface area contributed by atoms with Gasteiger partial charge in [0.15, 0.2) is 5.69 Å². The third kappa shape index (κ3) is 2.97. The third-order valence-corrected chi connectivity index (χ3v) is 2.86. The van der Waals surface area contributed by atoms with Crippen LogP contribution in [-0.4, -0.2) is 29.2 Å². The molecular formula is C12H9BrN2O5. The maximum Gasteiger partial charge on any atom is 0.374 e. The van der Waals surface area contributed by atoms with Gasteiger partial charge in [0.05, 0.1) is 12.8 Å². The molecule has 1 aromatic carbocycles. The summed E-state index contributed by atoms with van der Waals surface area (Å²) in [6.07, 6.45) is 0. The van der Waals surface area contributed by atoms with Gasteiger partial charge in [-0.15, -0.1) is 0 Å². The molecule has 0 aliphatic carbocycles. The van der Waals surface area contributed by atoms with Crippen molar-refractivity contribution in [1.82, 2.24) is 5.16 Å². The van der Waals surface area contributed by atoms with E-state index in [1.807, 2.05) is 0 Å². The molecule has 8 heteroatoms. The van der Waals surface area contributed by atoms with Gasteiger partial charge in [0, 0.05) is 10.5 Å². The van der Waals surface area contributed by atoms with E-state index in [1.54, 1.807) is 18.2 Å². The van der Waals surface area contributed by atoms with E-state index in [0.717, 1.165) is 10.5 Å². The third-order valence-electron chi connectivity index (χ3n) is 2.36. The number of aromatic carboxylic acids is 1. The molecule has 7 nitrogen and oxygen atoms in total. The molecule has 0 radical (unpaired) electrons. The first kappa shape index (κ1) is 14.1. The first-order valence-corrected chi connectivity index (χ1v) is 6.15. The van der Waals surface area contributed by atoms with Gasteiger partial charge < -0.3 is 19.7 Å². The molecular weight excluding hydrogens is 332 g/mol. The van der Waals surface area contributed by atoms with Gasteiger partial charge in [0.25, 0.3) is 5.91 Å². The molecule has 0 saturated carbocycles. The van der Waals surface area contributed by atoms with E-state index in [9.17, 15) is 9.59 Å². The molecule has 0 spiro atoms. The largest absolute Gasteiger partial charge is 0.495 e. The van der Waals surface area contributed by atoms with Crippen LogP contribution in [0.1, 0.15) is 21.0 Å². The lowest BCUT2D eigenvalue weighted by Gasteiger charge is -2.09. The molecule has 0 unspecified atom stereocenters. The molecule has 0 aliphatic rings. The fourth-order valence-corrected chi connectivity index (χ4v) is 1.81. The number of aromatic nitrogens is 1. The molecule has 2 aromatic rings. The number of benzene rings is 1. The van der Waals surface area contributed by atoms with E-state index in [4.69, 9.17) is 9.84 Å². The number of halogens is 1. The summed E-state index contributed by atoms with van der Waals surface area (Å²) in [4.78, 5) is 22.6. The van der Waals surface area contributed by atoms with Crippen molar-refractivity contribution in [3.63, 3.8) is 0 Å². The van der Waals surface area contributed by atoms with Crippen LogP contribution < -0.4 is 10.1 Å². The van der Waals surface area contributed by atoms with Crippen LogP contribution in [0.2, 0.25) is 0 Å². The molecule has 0 aliphatic heterocycles. The monoisotopic (exact) mass is 340 g/mol. The molecule has 2 rings (SSSR count). The number of methoxy groups -OCH3 is 1. The van der Waals surface area contributed by atoms with Gasteiger partial charge in [-0.05, 0) is 18.2 Å². The second-order valence-corrected chi connectivity index (χ2v) is 4.60. The van der Waals surface area contributed by atoms with Gasteiger partial charge in [-0.2, -0.15) is 0 Å². The minimum Gasteiger partial charge on any atom is -0.495 e. The number of carbonyl (C=O) groups is 2. The highest BCUT2D eigenvalue weighted by Crippen LogP contribution is 2.28. The first-order chi connectivity index (χ1) is 9.51. The SMILES string of the molecule is COc1ccc(Br)cc1NC(=O)c1cc(C(=O)O)on1. The van der Waals surface area contributed by atoms with Gasteiger partial charge in [0.2, 0.25) is 5.76 Å². The van der Waals surface area contributed by atoms with Crippen molar-refractivity contribution in [2.45, 2.75) is 0 Å². The van der Waals surface area contributed by atoms with Crippen molar-refractivity contribution in [3.8, 4) is 5.75 Å². The van der Waals surface area contributed by atoms with Crippen LogP contribution in [0.4, 0.5) is 5.69 Å². The summed E-state index contributed by atoms with van der Waals surface area (Å²) in [5.74, 6) is -1.84. The summed E-state index contributed by atoms with van der Waals surface area (Å²) in [7, 11) is 1.47. The molecule has 0 saturated heterocycles. The summed E-state index contributed by atoms with van der Waals surface area (Å²) < 4.78 is 10.4. The lowest BCUT2D eigenvalue weighted by Crippen LogP contribution is -2.13. The highest BCUT2D eigenvalue weighted by atomic mass is 79.9. The Morgan fingerprint density at radius 3 is 2.75 bits per heavy atom. The number of carboxylic acids is 1. The van der Waals surface area contributed by atoms with Crippen molar-refractivity contribution < 1.29 is 24.0 Å². The standard InChI is InChI=1S/C12H9BrN2O5/c1-19-9-3-2-6(13)4-7(9)14-11(16)8-5-10(12(17)18)20-15-8/h2-5H,1H3,(H,14,16)(H,17,18). The molecule has 1 amide bonds. The minimum atomic E-state index is -1.29. The highest BCUT2D eigenvalue weighted by Gasteiger charge is 2.17. The Labute approximate surface area is 121 Å². The number of nitrogens with zero attached hydrogens (tertiary/aromatic N) is 1. The zero-order chi connectivity index (χ0) is 14.7. The number of rotatable bonds is 4. The number of carboxylic acid groups (broad SMARTS) is 1. The van der Waals surface area contributed by atoms with Crippen LogP contribution in [0.25, 0.3) is 0 Å². The minimum absolute atomic E-state index is 0.135. The van der Waals surface area contributed by atoms with Crippen LogP contribution in [-0.2, 0) is 0 Å². The summed E-state index contributed by atoms with van der Waals surface area (Å²) in [6, 6.07) is 6.12. The smallest absolute Gasteiger partial charge is 0.374 e. The average Bonchev–Trinajstić information content (AvgIpc) is 2.89. The fraction of sp³-hybridized carbons (Fsp3) is 0.0833. The van der Waals surface area contributed by atoms with Gasteiger partial charge in [0.1, 0.15) is 5.75 Å². The summed E-state index contributed by atoms with van der Waals surface area (Å²) in [5, 5.41) is 14.6. The van der Waals surface area contributed by atoms with Crippen molar-refractivity contribution in [2.24, 2.45) is 0 Å². The Morgan fingerprint density at radius 1 is 1.40 bits per heavy atom. The second-order valence-electron chi connectivity index (χ2n) is 3.68. The average molecular weight is 341 g/mol. The fourth-order valence-electron chi connectivity index (χ4n) is 1.45. The zero-order valence-electron chi connectivity index (χ0n) is 10.2. The number of nitrogens with one attached hydrogen (secondary N) is 1. The van der Waals surface area contributed by atoms with Crippen molar-refractivity contribution in [3.05, 3.63) is 40.2 Å². The Kier molecular flexibility index (Phi) is 4.04. The molecule has 0 bridgehead atoms. The van der Waals surface area contributed by atoms with Crippen LogP contribution in [0.3, 0.4) is 0 Å². The number of carbonyl (C=O) groups excluding carboxylic acids is 1. The van der Waals surface area contributed by atoms with Crippen molar-refractivity contribution >= 4 is 33.5 Å². The lowest BCUT2D eigenvalue weighted by atomic mass is 10.2. The topological polar surface area (TPSA) is 102 Å². The predicted octanol–water partition coefficient (Wildman–Crippen LogP) is 2.40. The van der Waals surface area contributed by atoms with Crippen molar-refractivity contribution in [2.75, 3.05) is 12.4 Å². The summed E-state index contributed by atoms with van der Waals surface area (Å²) >= 11 is 3.28. The normalized spacial score (nSPS) is 10.1. The highest BCUT2D eigenvalue weighted by molar-refractivity contribution is 9.10. The maximum atomic E-state index is 11.9. The van der Waals surface area contributed by atoms with Gasteiger partial charge in [-0.3, -0.25) is 4.79 Å². The second kappa shape index (κ2) is 5.74. The Morgan fingerprint density at radius 2 is 2.15 bits per heavy atom. The molecule has 0 atom stereocenters. The molecule has 1 aromatic heterocycles. The quantitative estimate of drug-likeness (QED) is 0.885. The maximum absolute atomic E-state index is 11.9. The Bertz CT molecular complexity index is 668. The number of anilines is 1. The van der Waals surface area contributed by atoms with Gasteiger partial charge in [-0.25, -0.2) is 4.79 Å². The van der Waals surface area contributed by atoms with E-state index < -0.39 is 17.6 Å². The van der Waals surface area contributed by atoms with Crippen LogP contribution in [0.5, 0.6) is 5.75 Å². The van der Waals surface area contributed by atoms with E-state index in [-0.39, 0.29) is 5.69 Å². The molecule has 1 heterocycles. The van der Waals surface area contributed by atoms with E-state index >= 15 is 0 Å².